The summed E-state index contributed by atoms with van der Waals surface area (Å²) in [6.45, 7) is 0.800. The van der Waals surface area contributed by atoms with Crippen molar-refractivity contribution in [2.24, 2.45) is 0 Å². The Hall–Kier alpha value is -3.88. The molecule has 9 heteroatoms. The van der Waals surface area contributed by atoms with E-state index in [2.05, 4.69) is 5.32 Å². The first kappa shape index (κ1) is 25.8. The van der Waals surface area contributed by atoms with Gasteiger partial charge in [-0.25, -0.2) is 14.8 Å². The molecule has 0 aliphatic carbocycles. The number of hydrogen-bond acceptors (Lipinski definition) is 4. The molecule has 1 N–H and O–H groups in total. The highest BCUT2D eigenvalue weighted by molar-refractivity contribution is 6.31. The second-order valence-electron chi connectivity index (χ2n) is 9.60. The summed E-state index contributed by atoms with van der Waals surface area (Å²) in [5, 5.41) is 6.74. The third-order valence-electron chi connectivity index (χ3n) is 7.03. The van der Waals surface area contributed by atoms with Gasteiger partial charge in [-0.15, -0.1) is 0 Å². The van der Waals surface area contributed by atoms with Crippen LogP contribution in [0.2, 0.25) is 5.02 Å². The Morgan fingerprint density at radius 1 is 0.921 bits per heavy atom. The molecule has 196 valence electrons. The Morgan fingerprint density at radius 3 is 2.24 bits per heavy atom. The third kappa shape index (κ3) is 5.37. The number of carbonyl (C=O) groups is 3. The molecule has 2 fully saturated rings. The van der Waals surface area contributed by atoms with Crippen molar-refractivity contribution in [2.75, 3.05) is 20.1 Å². The number of likely N-dealkylation sites (N-methyl/N-ethyl adjacent to an activating group) is 1. The molecule has 3 aromatic carbocycles. The van der Waals surface area contributed by atoms with Crippen LogP contribution < -0.4 is 5.32 Å². The lowest BCUT2D eigenvalue weighted by molar-refractivity contribution is -0.187. The Morgan fingerprint density at radius 2 is 1.55 bits per heavy atom. The predicted molar refractivity (Wildman–Crippen MR) is 145 cm³/mol. The molecule has 0 aromatic heterocycles. The average Bonchev–Trinajstić information content (AvgIpc) is 2.92. The number of piperazine rings is 1. The number of nitrogens with zero attached hydrogens (tertiary/aromatic N) is 4. The van der Waals surface area contributed by atoms with Crippen LogP contribution in [0.1, 0.15) is 16.7 Å². The zero-order valence-electron chi connectivity index (χ0n) is 21.2. The van der Waals surface area contributed by atoms with Crippen molar-refractivity contribution < 1.29 is 14.4 Å². The van der Waals surface area contributed by atoms with Crippen molar-refractivity contribution in [2.45, 2.75) is 31.7 Å². The van der Waals surface area contributed by atoms with Crippen LogP contribution in [-0.4, -0.2) is 70.0 Å². The van der Waals surface area contributed by atoms with Crippen molar-refractivity contribution in [3.8, 4) is 0 Å². The molecular weight excluding hydrogens is 502 g/mol. The van der Waals surface area contributed by atoms with E-state index in [9.17, 15) is 14.4 Å². The fraction of sp³-hybridized carbons (Fsp3) is 0.276. The van der Waals surface area contributed by atoms with Gasteiger partial charge < -0.3 is 15.1 Å². The van der Waals surface area contributed by atoms with Crippen molar-refractivity contribution in [1.29, 1.82) is 0 Å². The Bertz CT molecular complexity index is 1310. The number of carbonyl (C=O) groups excluding carboxylic acids is 3. The van der Waals surface area contributed by atoms with Crippen LogP contribution in [0.25, 0.3) is 0 Å². The number of halogens is 1. The molecule has 38 heavy (non-hydrogen) atoms. The molecule has 8 nitrogen and oxygen atoms in total. The molecular formula is C29H30ClN5O3. The summed E-state index contributed by atoms with van der Waals surface area (Å²) in [6.07, 6.45) is -0.310. The third-order valence-corrected chi connectivity index (χ3v) is 7.39. The van der Waals surface area contributed by atoms with Crippen LogP contribution in [0.4, 0.5) is 4.79 Å². The molecule has 2 saturated heterocycles. The van der Waals surface area contributed by atoms with Gasteiger partial charge in [0.05, 0.1) is 13.1 Å². The zero-order valence-corrected chi connectivity index (χ0v) is 21.9. The van der Waals surface area contributed by atoms with Gasteiger partial charge in [0.25, 0.3) is 0 Å². The number of hydrazine groups is 1. The van der Waals surface area contributed by atoms with Gasteiger partial charge in [-0.05, 0) is 22.8 Å². The van der Waals surface area contributed by atoms with Gasteiger partial charge in [0, 0.05) is 31.6 Å². The Balaban J connectivity index is 1.46. The van der Waals surface area contributed by atoms with E-state index in [0.29, 0.717) is 18.0 Å². The normalized spacial score (nSPS) is 19.9. The van der Waals surface area contributed by atoms with E-state index in [1.807, 2.05) is 78.9 Å². The number of rotatable bonds is 6. The van der Waals surface area contributed by atoms with Crippen molar-refractivity contribution in [3.05, 3.63) is 107 Å². The topological polar surface area (TPSA) is 76.2 Å². The second-order valence-corrected chi connectivity index (χ2v) is 10.0. The fourth-order valence-corrected chi connectivity index (χ4v) is 5.37. The molecule has 3 aromatic rings. The lowest BCUT2D eigenvalue weighted by Crippen LogP contribution is -2.76. The van der Waals surface area contributed by atoms with Gasteiger partial charge in [-0.2, -0.15) is 0 Å². The smallest absolute Gasteiger partial charge is 0.333 e. The van der Waals surface area contributed by atoms with Crippen molar-refractivity contribution >= 4 is 29.4 Å². The summed E-state index contributed by atoms with van der Waals surface area (Å²) in [7, 11) is 1.72. The minimum atomic E-state index is -0.746. The maximum Gasteiger partial charge on any atom is 0.334 e. The van der Waals surface area contributed by atoms with E-state index in [1.54, 1.807) is 32.9 Å². The lowest BCUT2D eigenvalue weighted by atomic mass is 9.98. The van der Waals surface area contributed by atoms with Crippen LogP contribution in [0.3, 0.4) is 0 Å². The van der Waals surface area contributed by atoms with Gasteiger partial charge in [0.1, 0.15) is 12.2 Å². The molecule has 5 rings (SSSR count). The van der Waals surface area contributed by atoms with E-state index < -0.39 is 12.2 Å². The van der Waals surface area contributed by atoms with Crippen LogP contribution in [0, 0.1) is 0 Å². The molecule has 2 aliphatic rings. The zero-order chi connectivity index (χ0) is 26.6. The van der Waals surface area contributed by atoms with Crippen LogP contribution in [-0.2, 0) is 29.1 Å². The molecule has 1 unspecified atom stereocenters. The monoisotopic (exact) mass is 531 g/mol. The van der Waals surface area contributed by atoms with E-state index in [1.165, 1.54) is 0 Å². The summed E-state index contributed by atoms with van der Waals surface area (Å²) >= 11 is 6.43. The van der Waals surface area contributed by atoms with Crippen LogP contribution in [0.15, 0.2) is 84.9 Å². The number of amides is 4. The average molecular weight is 532 g/mol. The van der Waals surface area contributed by atoms with Gasteiger partial charge in [-0.3, -0.25) is 9.59 Å². The highest BCUT2D eigenvalue weighted by Crippen LogP contribution is 2.29. The van der Waals surface area contributed by atoms with Crippen molar-refractivity contribution in [1.82, 2.24) is 25.1 Å². The summed E-state index contributed by atoms with van der Waals surface area (Å²) in [4.78, 5) is 44.1. The fourth-order valence-electron chi connectivity index (χ4n) is 5.17. The summed E-state index contributed by atoms with van der Waals surface area (Å²) in [5.74, 6) is -0.344. The molecule has 2 atom stereocenters. The largest absolute Gasteiger partial charge is 0.334 e. The number of benzene rings is 3. The number of nitrogens with one attached hydrogen (secondary N) is 1. The summed E-state index contributed by atoms with van der Waals surface area (Å²) in [6, 6.07) is 25.6. The standard InChI is InChI=1S/C29H30ClN5O3/c1-32-20-27(36)34-25(16-21-10-4-2-5-11-21)28(37)33(18-23-14-8-9-15-24(23)30)19-26(34)35(32)29(38)31-17-22-12-6-3-7-13-22/h2-15,25-26H,16-20H2,1H3,(H,31,38)/t25-,26?/m0/s1. The first-order chi connectivity index (χ1) is 18.4. The summed E-state index contributed by atoms with van der Waals surface area (Å²) in [5.41, 5.74) is 2.72. The van der Waals surface area contributed by atoms with E-state index in [4.69, 9.17) is 11.6 Å². The van der Waals surface area contributed by atoms with Crippen LogP contribution >= 0.6 is 11.6 Å². The predicted octanol–water partition coefficient (Wildman–Crippen LogP) is 3.52. The molecule has 4 amide bonds. The Labute approximate surface area is 227 Å². The molecule has 0 bridgehead atoms. The number of hydrogen-bond donors (Lipinski definition) is 1. The SMILES string of the molecule is CN1CC(=O)N2C(CN(Cc3ccccc3Cl)C(=O)[C@@H]2Cc2ccccc2)N1C(=O)NCc1ccccc1. The Kier molecular flexibility index (Phi) is 7.62. The molecule has 2 heterocycles. The number of fused-ring (bicyclic) bond motifs is 1. The van der Waals surface area contributed by atoms with E-state index >= 15 is 0 Å². The van der Waals surface area contributed by atoms with E-state index in [-0.39, 0.29) is 37.5 Å². The van der Waals surface area contributed by atoms with Crippen molar-refractivity contribution in [3.63, 3.8) is 0 Å². The minimum Gasteiger partial charge on any atom is -0.333 e. The van der Waals surface area contributed by atoms with Gasteiger partial charge >= 0.3 is 6.03 Å². The first-order valence-corrected chi connectivity index (χ1v) is 13.0. The maximum absolute atomic E-state index is 13.9. The number of urea groups is 1. The second kappa shape index (κ2) is 11.2. The highest BCUT2D eigenvalue weighted by atomic mass is 35.5. The van der Waals surface area contributed by atoms with E-state index in [0.717, 1.165) is 16.7 Å². The molecule has 2 aliphatic heterocycles. The molecule has 0 spiro atoms. The van der Waals surface area contributed by atoms with Gasteiger partial charge in [-0.1, -0.05) is 90.5 Å². The molecule has 0 saturated carbocycles. The minimum absolute atomic E-state index is 0.00165. The maximum atomic E-state index is 13.9. The lowest BCUT2D eigenvalue weighted by Gasteiger charge is -2.54. The van der Waals surface area contributed by atoms with Crippen LogP contribution in [0.5, 0.6) is 0 Å². The first-order valence-electron chi connectivity index (χ1n) is 12.6. The van der Waals surface area contributed by atoms with Gasteiger partial charge in [0.2, 0.25) is 11.8 Å². The van der Waals surface area contributed by atoms with Gasteiger partial charge in [0.15, 0.2) is 0 Å². The molecule has 0 radical (unpaired) electrons. The quantitative estimate of drug-likeness (QED) is 0.528. The summed E-state index contributed by atoms with van der Waals surface area (Å²) < 4.78 is 0. The highest BCUT2D eigenvalue weighted by Gasteiger charge is 2.50.